The van der Waals surface area contributed by atoms with Crippen molar-refractivity contribution in [2.45, 2.75) is 43.4 Å². The monoisotopic (exact) mass is 541 g/mol. The zero-order chi connectivity index (χ0) is 25.3. The third-order valence-electron chi connectivity index (χ3n) is 6.75. The second-order valence-corrected chi connectivity index (χ2v) is 10.2. The van der Waals surface area contributed by atoms with Crippen LogP contribution in [0.2, 0.25) is 5.02 Å². The molecule has 0 radical (unpaired) electrons. The summed E-state index contributed by atoms with van der Waals surface area (Å²) >= 11 is 15.0. The highest BCUT2D eigenvalue weighted by molar-refractivity contribution is 7.80. The Bertz CT molecular complexity index is 758. The zero-order valence-corrected chi connectivity index (χ0v) is 21.9. The maximum Gasteiger partial charge on any atom is 0.490 e. The van der Waals surface area contributed by atoms with Gasteiger partial charge in [0.1, 0.15) is 0 Å². The van der Waals surface area contributed by atoms with Gasteiger partial charge in [0.15, 0.2) is 0 Å². The number of hydrogen-bond acceptors (Lipinski definition) is 6. The van der Waals surface area contributed by atoms with E-state index in [1.807, 2.05) is 0 Å². The number of thiol groups is 2. The molecule has 194 valence electrons. The van der Waals surface area contributed by atoms with E-state index in [9.17, 15) is 13.2 Å². The lowest BCUT2D eigenvalue weighted by atomic mass is 9.76. The first-order valence-corrected chi connectivity index (χ1v) is 13.1. The predicted octanol–water partition coefficient (Wildman–Crippen LogP) is 4.29. The molecule has 2 aliphatic heterocycles. The minimum atomic E-state index is -5.08. The molecule has 2 saturated heterocycles. The van der Waals surface area contributed by atoms with Crippen LogP contribution in [-0.2, 0) is 4.79 Å². The van der Waals surface area contributed by atoms with Crippen LogP contribution in [0, 0.1) is 5.92 Å². The standard InChI is InChI=1S/C21H34ClN3S2.C2HF3O2/c1-24-18-6-7-21(24)20(15-25(11-13-27)10-8-23-9-12-26)19(14-18)16-2-4-17(22)5-3-16;3-2(4,5)1(6)7/h2-5,18-21,23,26-27H,6-15H2,1H3;(H,6,7). The number of nitrogens with one attached hydrogen (secondary N) is 1. The number of fused-ring (bicyclic) bond motifs is 2. The van der Waals surface area contributed by atoms with Crippen molar-refractivity contribution in [2.75, 3.05) is 51.3 Å². The second-order valence-electron chi connectivity index (χ2n) is 8.82. The van der Waals surface area contributed by atoms with E-state index in [4.69, 9.17) is 21.5 Å². The fourth-order valence-electron chi connectivity index (χ4n) is 5.09. The second kappa shape index (κ2) is 14.2. The van der Waals surface area contributed by atoms with Crippen molar-refractivity contribution < 1.29 is 23.1 Å². The van der Waals surface area contributed by atoms with E-state index in [1.54, 1.807) is 0 Å². The maximum atomic E-state index is 10.6. The number of nitrogens with zero attached hydrogens (tertiary/aromatic N) is 2. The number of rotatable bonds is 10. The summed E-state index contributed by atoms with van der Waals surface area (Å²) in [7, 11) is 2.34. The van der Waals surface area contributed by atoms with Crippen LogP contribution in [0.5, 0.6) is 0 Å². The van der Waals surface area contributed by atoms with Gasteiger partial charge < -0.3 is 20.2 Å². The van der Waals surface area contributed by atoms with Gasteiger partial charge in [0.25, 0.3) is 0 Å². The zero-order valence-electron chi connectivity index (χ0n) is 19.3. The first kappa shape index (κ1) is 29.6. The molecule has 2 aliphatic rings. The highest BCUT2D eigenvalue weighted by Gasteiger charge is 2.46. The minimum absolute atomic E-state index is 0.629. The van der Waals surface area contributed by atoms with Gasteiger partial charge in [0, 0.05) is 61.3 Å². The van der Waals surface area contributed by atoms with Crippen molar-refractivity contribution in [3.8, 4) is 0 Å². The molecule has 34 heavy (non-hydrogen) atoms. The van der Waals surface area contributed by atoms with Crippen LogP contribution in [-0.4, -0.2) is 90.4 Å². The average Bonchev–Trinajstić information content (AvgIpc) is 3.02. The van der Waals surface area contributed by atoms with Crippen LogP contribution in [0.25, 0.3) is 0 Å². The lowest BCUT2D eigenvalue weighted by Gasteiger charge is -2.45. The van der Waals surface area contributed by atoms with Gasteiger partial charge in [-0.3, -0.25) is 0 Å². The molecule has 2 bridgehead atoms. The third kappa shape index (κ3) is 8.78. The van der Waals surface area contributed by atoms with Crippen LogP contribution in [0.1, 0.15) is 30.7 Å². The molecule has 4 unspecified atom stereocenters. The largest absolute Gasteiger partial charge is 0.490 e. The van der Waals surface area contributed by atoms with Crippen molar-refractivity contribution in [2.24, 2.45) is 5.92 Å². The Labute approximate surface area is 216 Å². The van der Waals surface area contributed by atoms with E-state index in [0.717, 1.165) is 55.3 Å². The summed E-state index contributed by atoms with van der Waals surface area (Å²) in [6.07, 6.45) is -1.13. The van der Waals surface area contributed by atoms with Gasteiger partial charge in [-0.15, -0.1) is 0 Å². The summed E-state index contributed by atoms with van der Waals surface area (Å²) in [6, 6.07) is 10.0. The van der Waals surface area contributed by atoms with E-state index < -0.39 is 12.1 Å². The average molecular weight is 542 g/mol. The topological polar surface area (TPSA) is 55.8 Å². The normalized spacial score (nSPS) is 24.7. The summed E-state index contributed by atoms with van der Waals surface area (Å²) in [5.41, 5.74) is 1.47. The summed E-state index contributed by atoms with van der Waals surface area (Å²) in [5.74, 6) is 0.340. The minimum Gasteiger partial charge on any atom is -0.475 e. The molecule has 11 heteroatoms. The quantitative estimate of drug-likeness (QED) is 0.263. The van der Waals surface area contributed by atoms with Gasteiger partial charge in [-0.1, -0.05) is 23.7 Å². The lowest BCUT2D eigenvalue weighted by Crippen LogP contribution is -2.50. The molecule has 5 nitrogen and oxygen atoms in total. The Hall–Kier alpha value is -0.650. The molecule has 2 heterocycles. The number of hydrogen-bond donors (Lipinski definition) is 4. The Balaban J connectivity index is 0.000000509. The van der Waals surface area contributed by atoms with Crippen LogP contribution in [0.3, 0.4) is 0 Å². The number of alkyl halides is 3. The molecular weight excluding hydrogens is 507 g/mol. The number of carboxylic acid groups (broad SMARTS) is 1. The molecule has 2 fully saturated rings. The van der Waals surface area contributed by atoms with Crippen LogP contribution >= 0.6 is 36.9 Å². The van der Waals surface area contributed by atoms with E-state index in [2.05, 4.69) is 71.7 Å². The number of carbonyl (C=O) groups is 1. The van der Waals surface area contributed by atoms with Gasteiger partial charge in [-0.2, -0.15) is 38.4 Å². The Morgan fingerprint density at radius 1 is 1.18 bits per heavy atom. The number of carboxylic acids is 1. The van der Waals surface area contributed by atoms with Crippen LogP contribution in [0.15, 0.2) is 24.3 Å². The Kier molecular flexibility index (Phi) is 12.3. The van der Waals surface area contributed by atoms with Gasteiger partial charge in [-0.25, -0.2) is 4.79 Å². The number of aliphatic carboxylic acids is 1. The first-order chi connectivity index (χ1) is 16.1. The van der Waals surface area contributed by atoms with Gasteiger partial charge in [0.05, 0.1) is 0 Å². The Morgan fingerprint density at radius 2 is 1.82 bits per heavy atom. The Morgan fingerprint density at radius 3 is 2.38 bits per heavy atom. The highest BCUT2D eigenvalue weighted by atomic mass is 35.5. The number of piperidine rings is 1. The van der Waals surface area contributed by atoms with E-state index in [-0.39, 0.29) is 0 Å². The molecule has 0 aromatic heterocycles. The van der Waals surface area contributed by atoms with Crippen molar-refractivity contribution in [1.29, 1.82) is 0 Å². The molecule has 1 aromatic rings. The SMILES string of the molecule is CN1C2CCC1C(CN(CCS)CCNCCS)C(c1ccc(Cl)cc1)C2.O=C(O)C(F)(F)F. The third-order valence-corrected chi connectivity index (χ3v) is 7.43. The van der Waals surface area contributed by atoms with Crippen LogP contribution in [0.4, 0.5) is 13.2 Å². The highest BCUT2D eigenvalue weighted by Crippen LogP contribution is 2.46. The van der Waals surface area contributed by atoms with Crippen molar-refractivity contribution >= 4 is 42.8 Å². The summed E-state index contributed by atoms with van der Waals surface area (Å²) in [6.45, 7) is 5.28. The lowest BCUT2D eigenvalue weighted by molar-refractivity contribution is -0.192. The van der Waals surface area contributed by atoms with E-state index in [1.165, 1.54) is 24.8 Å². The van der Waals surface area contributed by atoms with Crippen molar-refractivity contribution in [3.63, 3.8) is 0 Å². The molecular formula is C23H35ClF3N3O2S2. The molecule has 3 rings (SSSR count). The maximum absolute atomic E-state index is 10.6. The number of halogens is 4. The molecule has 1 aromatic carbocycles. The van der Waals surface area contributed by atoms with Crippen LogP contribution < -0.4 is 5.32 Å². The van der Waals surface area contributed by atoms with Crippen molar-refractivity contribution in [1.82, 2.24) is 15.1 Å². The molecule has 0 aliphatic carbocycles. The molecule has 0 amide bonds. The predicted molar refractivity (Wildman–Crippen MR) is 138 cm³/mol. The first-order valence-electron chi connectivity index (χ1n) is 11.5. The fraction of sp³-hybridized carbons (Fsp3) is 0.696. The van der Waals surface area contributed by atoms with Gasteiger partial charge in [-0.05, 0) is 55.8 Å². The van der Waals surface area contributed by atoms with Gasteiger partial charge in [0.2, 0.25) is 0 Å². The smallest absolute Gasteiger partial charge is 0.475 e. The molecule has 4 atom stereocenters. The van der Waals surface area contributed by atoms with Crippen molar-refractivity contribution in [3.05, 3.63) is 34.9 Å². The number of benzene rings is 1. The molecule has 2 N–H and O–H groups in total. The summed E-state index contributed by atoms with van der Waals surface area (Å²) in [4.78, 5) is 14.2. The fourth-order valence-corrected chi connectivity index (χ4v) is 5.66. The van der Waals surface area contributed by atoms with Gasteiger partial charge >= 0.3 is 12.1 Å². The molecule has 0 saturated carbocycles. The summed E-state index contributed by atoms with van der Waals surface area (Å²) in [5, 5.41) is 11.4. The summed E-state index contributed by atoms with van der Waals surface area (Å²) < 4.78 is 31.7. The van der Waals surface area contributed by atoms with E-state index in [0.29, 0.717) is 17.9 Å². The van der Waals surface area contributed by atoms with E-state index >= 15 is 0 Å². The molecule has 0 spiro atoms.